The first-order chi connectivity index (χ1) is 8.15. The number of aromatic nitrogens is 3. The quantitative estimate of drug-likeness (QED) is 0.874. The van der Waals surface area contributed by atoms with Crippen LogP contribution in [0.4, 0.5) is 0 Å². The van der Waals surface area contributed by atoms with Crippen molar-refractivity contribution >= 4 is 0 Å². The Hall–Kier alpha value is -0.900. The minimum absolute atomic E-state index is 0.239. The molecule has 0 amide bonds. The van der Waals surface area contributed by atoms with Gasteiger partial charge in [0.05, 0.1) is 6.04 Å². The Morgan fingerprint density at radius 1 is 1.29 bits per heavy atom. The molecule has 2 rings (SSSR count). The maximum Gasteiger partial charge on any atom is 0.150 e. The lowest BCUT2D eigenvalue weighted by molar-refractivity contribution is 0.228. The Kier molecular flexibility index (Phi) is 3.82. The number of rotatable bonds is 3. The molecule has 0 bridgehead atoms. The van der Waals surface area contributed by atoms with Gasteiger partial charge in [-0.2, -0.15) is 5.10 Å². The van der Waals surface area contributed by atoms with Gasteiger partial charge in [-0.15, -0.1) is 0 Å². The zero-order valence-corrected chi connectivity index (χ0v) is 11.2. The SMILES string of the molecule is CCc1nc(CC)n(C2CC(C)CCC2N)n1. The summed E-state index contributed by atoms with van der Waals surface area (Å²) in [6, 6.07) is 0.587. The third-order valence-electron chi connectivity index (χ3n) is 3.82. The van der Waals surface area contributed by atoms with Crippen LogP contribution in [0.5, 0.6) is 0 Å². The fraction of sp³-hybridized carbons (Fsp3) is 0.846. The molecule has 1 fully saturated rings. The van der Waals surface area contributed by atoms with Gasteiger partial charge >= 0.3 is 0 Å². The van der Waals surface area contributed by atoms with Crippen LogP contribution in [0.25, 0.3) is 0 Å². The molecular weight excluding hydrogens is 212 g/mol. The Bertz CT molecular complexity index is 371. The number of aryl methyl sites for hydroxylation is 2. The summed E-state index contributed by atoms with van der Waals surface area (Å²) in [5.41, 5.74) is 6.26. The van der Waals surface area contributed by atoms with Crippen LogP contribution >= 0.6 is 0 Å². The van der Waals surface area contributed by atoms with Crippen LogP contribution in [0.1, 0.15) is 57.7 Å². The predicted molar refractivity (Wildman–Crippen MR) is 68.8 cm³/mol. The maximum atomic E-state index is 6.26. The molecule has 0 aromatic carbocycles. The first-order valence-corrected chi connectivity index (χ1v) is 6.85. The molecule has 2 N–H and O–H groups in total. The number of nitrogens with two attached hydrogens (primary N) is 1. The molecule has 17 heavy (non-hydrogen) atoms. The van der Waals surface area contributed by atoms with Crippen molar-refractivity contribution in [3.63, 3.8) is 0 Å². The summed E-state index contributed by atoms with van der Waals surface area (Å²) in [7, 11) is 0. The Balaban J connectivity index is 2.27. The summed E-state index contributed by atoms with van der Waals surface area (Å²) >= 11 is 0. The summed E-state index contributed by atoms with van der Waals surface area (Å²) in [5, 5.41) is 4.63. The Morgan fingerprint density at radius 3 is 2.71 bits per heavy atom. The molecule has 1 aromatic rings. The molecule has 4 nitrogen and oxygen atoms in total. The van der Waals surface area contributed by atoms with E-state index >= 15 is 0 Å². The van der Waals surface area contributed by atoms with Gasteiger partial charge in [-0.25, -0.2) is 9.67 Å². The normalized spacial score (nSPS) is 29.5. The van der Waals surface area contributed by atoms with Crippen molar-refractivity contribution in [1.82, 2.24) is 14.8 Å². The van der Waals surface area contributed by atoms with Crippen molar-refractivity contribution in [3.8, 4) is 0 Å². The molecule has 4 heteroatoms. The molecule has 3 atom stereocenters. The molecule has 0 saturated heterocycles. The average molecular weight is 236 g/mol. The molecule has 0 aliphatic heterocycles. The van der Waals surface area contributed by atoms with E-state index in [-0.39, 0.29) is 6.04 Å². The Labute approximate surface area is 104 Å². The second-order valence-corrected chi connectivity index (χ2v) is 5.25. The van der Waals surface area contributed by atoms with Gasteiger partial charge in [0.25, 0.3) is 0 Å². The van der Waals surface area contributed by atoms with Gasteiger partial charge in [-0.1, -0.05) is 20.8 Å². The third kappa shape index (κ3) is 2.51. The van der Waals surface area contributed by atoms with Crippen LogP contribution in [-0.4, -0.2) is 20.8 Å². The second kappa shape index (κ2) is 5.17. The standard InChI is InChI=1S/C13H24N4/c1-4-12-15-13(5-2)17(16-12)11-8-9(3)6-7-10(11)14/h9-11H,4-8,14H2,1-3H3. The molecule has 1 saturated carbocycles. The summed E-state index contributed by atoms with van der Waals surface area (Å²) in [5.74, 6) is 2.79. The van der Waals surface area contributed by atoms with Crippen LogP contribution in [0.3, 0.4) is 0 Å². The lowest BCUT2D eigenvalue weighted by Gasteiger charge is -2.33. The topological polar surface area (TPSA) is 56.7 Å². The van der Waals surface area contributed by atoms with Gasteiger partial charge in [-0.3, -0.25) is 0 Å². The van der Waals surface area contributed by atoms with Gasteiger partial charge in [0, 0.05) is 18.9 Å². The third-order valence-corrected chi connectivity index (χ3v) is 3.82. The highest BCUT2D eigenvalue weighted by Gasteiger charge is 2.29. The van der Waals surface area contributed by atoms with Gasteiger partial charge in [0.1, 0.15) is 5.82 Å². The van der Waals surface area contributed by atoms with Crippen LogP contribution in [0.15, 0.2) is 0 Å². The molecular formula is C13H24N4. The molecule has 0 radical (unpaired) electrons. The van der Waals surface area contributed by atoms with E-state index in [9.17, 15) is 0 Å². The van der Waals surface area contributed by atoms with E-state index in [1.807, 2.05) is 0 Å². The van der Waals surface area contributed by atoms with E-state index in [1.165, 1.54) is 6.42 Å². The van der Waals surface area contributed by atoms with Crippen molar-refractivity contribution in [2.45, 2.75) is 65.0 Å². The van der Waals surface area contributed by atoms with E-state index < -0.39 is 0 Å². The van der Waals surface area contributed by atoms with Crippen LogP contribution < -0.4 is 5.73 Å². The van der Waals surface area contributed by atoms with Gasteiger partial charge in [0.15, 0.2) is 5.82 Å². The van der Waals surface area contributed by atoms with Crippen LogP contribution in [0, 0.1) is 5.92 Å². The van der Waals surface area contributed by atoms with Crippen molar-refractivity contribution in [2.75, 3.05) is 0 Å². The fourth-order valence-corrected chi connectivity index (χ4v) is 2.72. The van der Waals surface area contributed by atoms with Crippen molar-refractivity contribution in [2.24, 2.45) is 11.7 Å². The molecule has 0 spiro atoms. The molecule has 1 aliphatic carbocycles. The fourth-order valence-electron chi connectivity index (χ4n) is 2.72. The highest BCUT2D eigenvalue weighted by molar-refractivity contribution is 4.98. The van der Waals surface area contributed by atoms with Crippen molar-refractivity contribution < 1.29 is 0 Å². The predicted octanol–water partition coefficient (Wildman–Crippen LogP) is 2.09. The smallest absolute Gasteiger partial charge is 0.150 e. The first-order valence-electron chi connectivity index (χ1n) is 6.85. The first kappa shape index (κ1) is 12.6. The van der Waals surface area contributed by atoms with Gasteiger partial charge in [0.2, 0.25) is 0 Å². The van der Waals surface area contributed by atoms with E-state index in [0.717, 1.165) is 43.3 Å². The summed E-state index contributed by atoms with van der Waals surface area (Å²) in [6.45, 7) is 6.54. The van der Waals surface area contributed by atoms with E-state index in [0.29, 0.717) is 6.04 Å². The number of hydrogen-bond donors (Lipinski definition) is 1. The minimum Gasteiger partial charge on any atom is -0.326 e. The second-order valence-electron chi connectivity index (χ2n) is 5.25. The van der Waals surface area contributed by atoms with E-state index in [2.05, 4.69) is 35.5 Å². The van der Waals surface area contributed by atoms with Crippen LogP contribution in [0.2, 0.25) is 0 Å². The largest absolute Gasteiger partial charge is 0.326 e. The van der Waals surface area contributed by atoms with Crippen molar-refractivity contribution in [1.29, 1.82) is 0 Å². The molecule has 1 aromatic heterocycles. The minimum atomic E-state index is 0.239. The zero-order valence-electron chi connectivity index (χ0n) is 11.2. The lowest BCUT2D eigenvalue weighted by atomic mass is 9.84. The number of hydrogen-bond acceptors (Lipinski definition) is 3. The highest BCUT2D eigenvalue weighted by atomic mass is 15.4. The zero-order chi connectivity index (χ0) is 12.4. The van der Waals surface area contributed by atoms with E-state index in [4.69, 9.17) is 5.73 Å². The average Bonchev–Trinajstić information content (AvgIpc) is 2.75. The van der Waals surface area contributed by atoms with Crippen molar-refractivity contribution in [3.05, 3.63) is 11.6 Å². The lowest BCUT2D eigenvalue weighted by Crippen LogP contribution is -2.38. The summed E-state index contributed by atoms with van der Waals surface area (Å²) in [4.78, 5) is 4.58. The van der Waals surface area contributed by atoms with E-state index in [1.54, 1.807) is 0 Å². The summed E-state index contributed by atoms with van der Waals surface area (Å²) < 4.78 is 2.11. The monoisotopic (exact) mass is 236 g/mol. The summed E-state index contributed by atoms with van der Waals surface area (Å²) in [6.07, 6.45) is 5.33. The molecule has 1 heterocycles. The van der Waals surface area contributed by atoms with Gasteiger partial charge < -0.3 is 5.73 Å². The van der Waals surface area contributed by atoms with Crippen LogP contribution in [-0.2, 0) is 12.8 Å². The maximum absolute atomic E-state index is 6.26. The molecule has 1 aliphatic rings. The molecule has 3 unspecified atom stereocenters. The highest BCUT2D eigenvalue weighted by Crippen LogP contribution is 2.31. The van der Waals surface area contributed by atoms with Gasteiger partial charge in [-0.05, 0) is 25.2 Å². The molecule has 96 valence electrons. The number of nitrogens with zero attached hydrogens (tertiary/aromatic N) is 3. The Morgan fingerprint density at radius 2 is 2.06 bits per heavy atom.